The van der Waals surface area contributed by atoms with Gasteiger partial charge in [0, 0.05) is 12.0 Å². The normalized spacial score (nSPS) is 14.3. The zero-order valence-electron chi connectivity index (χ0n) is 7.74. The maximum atomic E-state index is 11.7. The van der Waals surface area contributed by atoms with Crippen LogP contribution < -0.4 is 0 Å². The molecule has 0 aliphatic heterocycles. The van der Waals surface area contributed by atoms with Crippen molar-refractivity contribution in [1.82, 2.24) is 0 Å². The van der Waals surface area contributed by atoms with Gasteiger partial charge in [-0.05, 0) is 5.56 Å². The quantitative estimate of drug-likeness (QED) is 0.460. The number of hydrogen-bond acceptors (Lipinski definition) is 3. The molecule has 1 aliphatic carbocycles. The zero-order valence-corrected chi connectivity index (χ0v) is 7.74. The van der Waals surface area contributed by atoms with E-state index in [0.29, 0.717) is 5.56 Å². The average molecular weight is 198 g/mol. The molecule has 0 fully saturated rings. The number of hydrogen-bond donors (Lipinski definition) is 0. The van der Waals surface area contributed by atoms with Crippen molar-refractivity contribution in [1.29, 1.82) is 0 Å². The van der Waals surface area contributed by atoms with E-state index in [4.69, 9.17) is 0 Å². The van der Waals surface area contributed by atoms with Crippen LogP contribution in [-0.2, 0) is 16.0 Å². The van der Waals surface area contributed by atoms with Gasteiger partial charge in [0.25, 0.3) is 0 Å². The molecule has 15 heavy (non-hydrogen) atoms. The zero-order chi connectivity index (χ0) is 10.8. The van der Waals surface area contributed by atoms with E-state index in [-0.39, 0.29) is 17.6 Å². The Morgan fingerprint density at radius 2 is 1.80 bits per heavy atom. The van der Waals surface area contributed by atoms with Crippen LogP contribution in [0.3, 0.4) is 0 Å². The van der Waals surface area contributed by atoms with Gasteiger partial charge in [-0.3, -0.25) is 4.79 Å². The second-order valence-electron chi connectivity index (χ2n) is 3.22. The number of rotatable bonds is 0. The second-order valence-corrected chi connectivity index (χ2v) is 3.22. The minimum atomic E-state index is -0.440. The first-order chi connectivity index (χ1) is 7.27. The van der Waals surface area contributed by atoms with Gasteiger partial charge in [0.05, 0.1) is 5.57 Å². The molecule has 0 heterocycles. The monoisotopic (exact) mass is 198 g/mol. The molecule has 1 aliphatic rings. The Balaban J connectivity index is 2.71. The summed E-state index contributed by atoms with van der Waals surface area (Å²) < 4.78 is 0. The Bertz CT molecular complexity index is 542. The number of carbonyl (C=O) groups is 1. The highest BCUT2D eigenvalue weighted by Crippen LogP contribution is 2.25. The molecule has 3 nitrogen and oxygen atoms in total. The van der Waals surface area contributed by atoms with Crippen LogP contribution in [0.2, 0.25) is 0 Å². The third-order valence-corrected chi connectivity index (χ3v) is 2.38. The molecule has 0 spiro atoms. The van der Waals surface area contributed by atoms with Gasteiger partial charge in [-0.25, -0.2) is 9.59 Å². The SMILES string of the molecule is O=C=C1Cc2ccccc2C(=O)C1=C=O. The van der Waals surface area contributed by atoms with Gasteiger partial charge in [0.1, 0.15) is 17.5 Å². The molecule has 3 heteroatoms. The summed E-state index contributed by atoms with van der Waals surface area (Å²) in [7, 11) is 0. The molecule has 0 saturated heterocycles. The number of Topliss-reactive ketones (excluding diaryl/α,β-unsaturated/α-hetero) is 1. The Kier molecular flexibility index (Phi) is 2.18. The number of ketones is 1. The molecule has 0 N–H and O–H groups in total. The minimum absolute atomic E-state index is 0.0914. The van der Waals surface area contributed by atoms with Crippen LogP contribution in [0, 0.1) is 0 Å². The fourth-order valence-corrected chi connectivity index (χ4v) is 1.64. The molecular formula is C12H6O3. The van der Waals surface area contributed by atoms with E-state index in [2.05, 4.69) is 0 Å². The van der Waals surface area contributed by atoms with Crippen LogP contribution in [0.1, 0.15) is 15.9 Å². The number of carbonyl (C=O) groups excluding carboxylic acids is 3. The Morgan fingerprint density at radius 3 is 2.47 bits per heavy atom. The number of allylic oxidation sites excluding steroid dienone is 2. The number of fused-ring (bicyclic) bond motifs is 1. The molecule has 0 radical (unpaired) electrons. The first-order valence-electron chi connectivity index (χ1n) is 4.40. The third kappa shape index (κ3) is 1.36. The Morgan fingerprint density at radius 1 is 1.07 bits per heavy atom. The lowest BCUT2D eigenvalue weighted by atomic mass is 9.84. The summed E-state index contributed by atoms with van der Waals surface area (Å²) in [6, 6.07) is 6.89. The van der Waals surface area contributed by atoms with Crippen molar-refractivity contribution < 1.29 is 14.4 Å². The summed E-state index contributed by atoms with van der Waals surface area (Å²) in [5.74, 6) is 2.70. The van der Waals surface area contributed by atoms with Crippen LogP contribution in [0.15, 0.2) is 35.4 Å². The van der Waals surface area contributed by atoms with Crippen LogP contribution in [0.25, 0.3) is 0 Å². The molecule has 0 bridgehead atoms. The van der Waals surface area contributed by atoms with Crippen molar-refractivity contribution in [3.63, 3.8) is 0 Å². The molecular weight excluding hydrogens is 192 g/mol. The maximum absolute atomic E-state index is 11.7. The smallest absolute Gasteiger partial charge is 0.205 e. The highest BCUT2D eigenvalue weighted by molar-refractivity contribution is 6.19. The molecule has 0 saturated carbocycles. The Labute approximate surface area is 85.7 Å². The van der Waals surface area contributed by atoms with Crippen molar-refractivity contribution in [2.24, 2.45) is 0 Å². The molecule has 0 atom stereocenters. The molecule has 1 aromatic rings. The highest BCUT2D eigenvalue weighted by atomic mass is 16.1. The predicted octanol–water partition coefficient (Wildman–Crippen LogP) is 0.941. The van der Waals surface area contributed by atoms with E-state index >= 15 is 0 Å². The van der Waals surface area contributed by atoms with E-state index < -0.39 is 5.78 Å². The lowest BCUT2D eigenvalue weighted by molar-refractivity contribution is 0.103. The van der Waals surface area contributed by atoms with Crippen molar-refractivity contribution in [3.05, 3.63) is 46.5 Å². The largest absolute Gasteiger partial charge is 0.288 e. The first-order valence-corrected chi connectivity index (χ1v) is 4.40. The van der Waals surface area contributed by atoms with E-state index in [0.717, 1.165) is 5.56 Å². The van der Waals surface area contributed by atoms with Gasteiger partial charge < -0.3 is 0 Å². The van der Waals surface area contributed by atoms with Gasteiger partial charge in [-0.2, -0.15) is 0 Å². The van der Waals surface area contributed by atoms with E-state index in [1.807, 2.05) is 0 Å². The van der Waals surface area contributed by atoms with E-state index in [9.17, 15) is 14.4 Å². The summed E-state index contributed by atoms with van der Waals surface area (Å²) in [6.07, 6.45) is 0.274. The lowest BCUT2D eigenvalue weighted by Crippen LogP contribution is -2.17. The van der Waals surface area contributed by atoms with Crippen LogP contribution in [0.4, 0.5) is 0 Å². The van der Waals surface area contributed by atoms with E-state index in [1.54, 1.807) is 30.2 Å². The lowest BCUT2D eigenvalue weighted by Gasteiger charge is -2.14. The number of benzene rings is 1. The molecule has 0 amide bonds. The molecule has 72 valence electrons. The fraction of sp³-hybridized carbons (Fsp3) is 0.0833. The maximum Gasteiger partial charge on any atom is 0.205 e. The Hall–Kier alpha value is -2.21. The summed E-state index contributed by atoms with van der Waals surface area (Å²) in [5, 5.41) is 0. The van der Waals surface area contributed by atoms with Crippen LogP contribution in [0.5, 0.6) is 0 Å². The van der Waals surface area contributed by atoms with Gasteiger partial charge in [0.2, 0.25) is 5.78 Å². The van der Waals surface area contributed by atoms with Gasteiger partial charge in [-0.15, -0.1) is 0 Å². The topological polar surface area (TPSA) is 51.2 Å². The molecule has 1 aromatic carbocycles. The predicted molar refractivity (Wildman–Crippen MR) is 52.9 cm³/mol. The summed E-state index contributed by atoms with van der Waals surface area (Å²) in [6.45, 7) is 0. The highest BCUT2D eigenvalue weighted by Gasteiger charge is 2.27. The molecule has 0 aromatic heterocycles. The summed E-state index contributed by atoms with van der Waals surface area (Å²) >= 11 is 0. The van der Waals surface area contributed by atoms with Crippen molar-refractivity contribution >= 4 is 17.7 Å². The molecule has 2 rings (SSSR count). The van der Waals surface area contributed by atoms with Crippen LogP contribution >= 0.6 is 0 Å². The fourth-order valence-electron chi connectivity index (χ4n) is 1.64. The van der Waals surface area contributed by atoms with Gasteiger partial charge in [-0.1, -0.05) is 24.3 Å². The third-order valence-electron chi connectivity index (χ3n) is 2.38. The van der Waals surface area contributed by atoms with E-state index in [1.165, 1.54) is 5.94 Å². The van der Waals surface area contributed by atoms with Crippen LogP contribution in [-0.4, -0.2) is 17.7 Å². The first kappa shape index (κ1) is 9.35. The second kappa shape index (κ2) is 3.50. The van der Waals surface area contributed by atoms with Crippen molar-refractivity contribution in [3.8, 4) is 0 Å². The standard InChI is InChI=1S/C12H6O3/c13-6-9-5-8-3-1-2-4-10(8)12(15)11(9)7-14/h1-4H,5H2. The molecule has 0 unspecified atom stereocenters. The van der Waals surface area contributed by atoms with Gasteiger partial charge >= 0.3 is 0 Å². The van der Waals surface area contributed by atoms with Crippen molar-refractivity contribution in [2.75, 3.05) is 0 Å². The minimum Gasteiger partial charge on any atom is -0.288 e. The van der Waals surface area contributed by atoms with Gasteiger partial charge in [0.15, 0.2) is 0 Å². The summed E-state index contributed by atoms with van der Waals surface area (Å²) in [4.78, 5) is 32.9. The summed E-state index contributed by atoms with van der Waals surface area (Å²) in [5.41, 5.74) is 1.12. The van der Waals surface area contributed by atoms with Crippen molar-refractivity contribution in [2.45, 2.75) is 6.42 Å². The average Bonchev–Trinajstić information content (AvgIpc) is 2.29.